The number of anilines is 1. The number of cyclic esters (lactones) is 1. The minimum absolute atomic E-state index is 0.106. The molecule has 2 aliphatic heterocycles. The zero-order valence-electron chi connectivity index (χ0n) is 15.5. The number of rotatable bonds is 4. The molecule has 1 atom stereocenters. The molecule has 2 fully saturated rings. The molecule has 0 spiro atoms. The summed E-state index contributed by atoms with van der Waals surface area (Å²) in [4.78, 5) is 27.7. The van der Waals surface area contributed by atoms with E-state index in [1.165, 1.54) is 0 Å². The van der Waals surface area contributed by atoms with Gasteiger partial charge < -0.3 is 19.7 Å². The molecule has 1 unspecified atom stereocenters. The quantitative estimate of drug-likeness (QED) is 0.884. The number of nitrogens with one attached hydrogen (secondary N) is 1. The van der Waals surface area contributed by atoms with Crippen LogP contribution in [0.3, 0.4) is 0 Å². The Morgan fingerprint density at radius 2 is 1.93 bits per heavy atom. The van der Waals surface area contributed by atoms with E-state index in [1.54, 1.807) is 9.80 Å². The molecule has 0 radical (unpaired) electrons. The minimum atomic E-state index is -0.332. The van der Waals surface area contributed by atoms with Gasteiger partial charge in [0.1, 0.15) is 12.7 Å². The number of urea groups is 1. The Hall–Kier alpha value is -3.06. The second kappa shape index (κ2) is 8.31. The Morgan fingerprint density at radius 1 is 1.07 bits per heavy atom. The van der Waals surface area contributed by atoms with Crippen LogP contribution in [-0.4, -0.2) is 49.9 Å². The van der Waals surface area contributed by atoms with E-state index in [-0.39, 0.29) is 18.2 Å². The third-order valence-corrected chi connectivity index (χ3v) is 4.95. The first kappa shape index (κ1) is 18.3. The van der Waals surface area contributed by atoms with Crippen LogP contribution < -0.4 is 10.2 Å². The standard InChI is InChI=1S/C21H23N3O4/c25-20(23-9-11-27-19(15-23)17-6-2-1-3-7-17)22-14-16-5-4-8-18(13-16)24-10-12-28-21(24)26/h1-8,13,19H,9-12,14-15H2,(H,22,25). The Balaban J connectivity index is 1.35. The van der Waals surface area contributed by atoms with Crippen molar-refractivity contribution in [1.29, 1.82) is 0 Å². The number of hydrogen-bond acceptors (Lipinski definition) is 4. The molecular weight excluding hydrogens is 358 g/mol. The smallest absolute Gasteiger partial charge is 0.414 e. The van der Waals surface area contributed by atoms with Crippen molar-refractivity contribution in [3.63, 3.8) is 0 Å². The summed E-state index contributed by atoms with van der Waals surface area (Å²) in [7, 11) is 0. The number of morpholine rings is 1. The lowest BCUT2D eigenvalue weighted by atomic mass is 10.1. The third-order valence-electron chi connectivity index (χ3n) is 4.95. The van der Waals surface area contributed by atoms with Crippen LogP contribution in [-0.2, 0) is 16.0 Å². The molecule has 2 aromatic rings. The predicted octanol–water partition coefficient (Wildman–Crippen LogP) is 2.93. The predicted molar refractivity (Wildman–Crippen MR) is 104 cm³/mol. The van der Waals surface area contributed by atoms with E-state index >= 15 is 0 Å². The third kappa shape index (κ3) is 4.09. The lowest BCUT2D eigenvalue weighted by Gasteiger charge is -2.33. The molecule has 1 N–H and O–H groups in total. The molecule has 2 heterocycles. The zero-order valence-corrected chi connectivity index (χ0v) is 15.5. The fourth-order valence-corrected chi connectivity index (χ4v) is 3.45. The minimum Gasteiger partial charge on any atom is -0.447 e. The van der Waals surface area contributed by atoms with Gasteiger partial charge in [0.05, 0.1) is 19.7 Å². The average Bonchev–Trinajstić information content (AvgIpc) is 3.19. The summed E-state index contributed by atoms with van der Waals surface area (Å²) < 4.78 is 10.8. The molecular formula is C21H23N3O4. The van der Waals surface area contributed by atoms with Gasteiger partial charge in [-0.1, -0.05) is 42.5 Å². The first-order chi connectivity index (χ1) is 13.7. The molecule has 4 rings (SSSR count). The van der Waals surface area contributed by atoms with Crippen LogP contribution in [0.15, 0.2) is 54.6 Å². The van der Waals surface area contributed by atoms with Gasteiger partial charge in [0.15, 0.2) is 0 Å². The number of benzene rings is 2. The van der Waals surface area contributed by atoms with Crippen molar-refractivity contribution in [3.8, 4) is 0 Å². The fourth-order valence-electron chi connectivity index (χ4n) is 3.45. The summed E-state index contributed by atoms with van der Waals surface area (Å²) in [5.74, 6) is 0. The van der Waals surface area contributed by atoms with Gasteiger partial charge in [-0.3, -0.25) is 4.90 Å². The van der Waals surface area contributed by atoms with Crippen LogP contribution >= 0.6 is 0 Å². The summed E-state index contributed by atoms with van der Waals surface area (Å²) in [6, 6.07) is 17.4. The summed E-state index contributed by atoms with van der Waals surface area (Å²) in [6.07, 6.45) is -0.438. The van der Waals surface area contributed by atoms with Gasteiger partial charge >= 0.3 is 12.1 Å². The molecule has 0 bridgehead atoms. The van der Waals surface area contributed by atoms with Crippen LogP contribution in [0.5, 0.6) is 0 Å². The van der Waals surface area contributed by atoms with Gasteiger partial charge in [0, 0.05) is 18.8 Å². The summed E-state index contributed by atoms with van der Waals surface area (Å²) >= 11 is 0. The number of carbonyl (C=O) groups excluding carboxylic acids is 2. The molecule has 146 valence electrons. The maximum absolute atomic E-state index is 12.6. The zero-order chi connectivity index (χ0) is 19.3. The topological polar surface area (TPSA) is 71.1 Å². The van der Waals surface area contributed by atoms with Crippen LogP contribution in [0.25, 0.3) is 0 Å². The highest BCUT2D eigenvalue weighted by atomic mass is 16.6. The molecule has 3 amide bonds. The van der Waals surface area contributed by atoms with E-state index in [4.69, 9.17) is 9.47 Å². The van der Waals surface area contributed by atoms with Crippen LogP contribution in [0.4, 0.5) is 15.3 Å². The van der Waals surface area contributed by atoms with E-state index in [2.05, 4.69) is 5.32 Å². The second-order valence-electron chi connectivity index (χ2n) is 6.81. The number of nitrogens with zero attached hydrogens (tertiary/aromatic N) is 2. The molecule has 7 heteroatoms. The SMILES string of the molecule is O=C(NCc1cccc(N2CCOC2=O)c1)N1CCOC(c2ccccc2)C1. The van der Waals surface area contributed by atoms with Crippen LogP contribution in [0, 0.1) is 0 Å². The maximum atomic E-state index is 12.6. The van der Waals surface area contributed by atoms with Gasteiger partial charge in [0.2, 0.25) is 0 Å². The fraction of sp³-hybridized carbons (Fsp3) is 0.333. The van der Waals surface area contributed by atoms with Crippen molar-refractivity contribution in [2.45, 2.75) is 12.6 Å². The van der Waals surface area contributed by atoms with Gasteiger partial charge in [-0.05, 0) is 23.3 Å². The van der Waals surface area contributed by atoms with Crippen LogP contribution in [0.1, 0.15) is 17.2 Å². The van der Waals surface area contributed by atoms with E-state index in [0.29, 0.717) is 39.4 Å². The highest BCUT2D eigenvalue weighted by molar-refractivity contribution is 5.89. The normalized spacial score (nSPS) is 19.4. The highest BCUT2D eigenvalue weighted by Crippen LogP contribution is 2.22. The lowest BCUT2D eigenvalue weighted by Crippen LogP contribution is -2.46. The molecule has 0 aliphatic carbocycles. The number of ether oxygens (including phenoxy) is 2. The van der Waals surface area contributed by atoms with Crippen molar-refractivity contribution in [1.82, 2.24) is 10.2 Å². The Bertz CT molecular complexity index is 843. The first-order valence-corrected chi connectivity index (χ1v) is 9.43. The van der Waals surface area contributed by atoms with Gasteiger partial charge in [-0.2, -0.15) is 0 Å². The Morgan fingerprint density at radius 3 is 2.71 bits per heavy atom. The number of carbonyl (C=O) groups is 2. The van der Waals surface area contributed by atoms with Crippen LogP contribution in [0.2, 0.25) is 0 Å². The van der Waals surface area contributed by atoms with Gasteiger partial charge in [-0.25, -0.2) is 9.59 Å². The van der Waals surface area contributed by atoms with E-state index in [1.807, 2.05) is 54.6 Å². The second-order valence-corrected chi connectivity index (χ2v) is 6.81. The van der Waals surface area contributed by atoms with E-state index in [0.717, 1.165) is 16.8 Å². The lowest BCUT2D eigenvalue weighted by molar-refractivity contribution is -0.0154. The van der Waals surface area contributed by atoms with Crippen molar-refractivity contribution in [3.05, 3.63) is 65.7 Å². The Kier molecular flexibility index (Phi) is 5.43. The number of hydrogen-bond donors (Lipinski definition) is 1. The molecule has 7 nitrogen and oxygen atoms in total. The molecule has 28 heavy (non-hydrogen) atoms. The summed E-state index contributed by atoms with van der Waals surface area (Å²) in [5.41, 5.74) is 2.79. The summed E-state index contributed by atoms with van der Waals surface area (Å²) in [6.45, 7) is 2.94. The molecule has 2 saturated heterocycles. The monoisotopic (exact) mass is 381 g/mol. The van der Waals surface area contributed by atoms with Gasteiger partial charge in [0.25, 0.3) is 0 Å². The average molecular weight is 381 g/mol. The first-order valence-electron chi connectivity index (χ1n) is 9.43. The molecule has 0 saturated carbocycles. The Labute approximate surface area is 163 Å². The largest absolute Gasteiger partial charge is 0.447 e. The van der Waals surface area contributed by atoms with Crippen molar-refractivity contribution >= 4 is 17.8 Å². The summed E-state index contributed by atoms with van der Waals surface area (Å²) in [5, 5.41) is 2.97. The number of amides is 3. The highest BCUT2D eigenvalue weighted by Gasteiger charge is 2.26. The van der Waals surface area contributed by atoms with Crippen molar-refractivity contribution in [2.75, 3.05) is 37.7 Å². The van der Waals surface area contributed by atoms with E-state index in [9.17, 15) is 9.59 Å². The van der Waals surface area contributed by atoms with E-state index < -0.39 is 0 Å². The maximum Gasteiger partial charge on any atom is 0.414 e. The molecule has 0 aromatic heterocycles. The van der Waals surface area contributed by atoms with Crippen molar-refractivity contribution in [2.24, 2.45) is 0 Å². The molecule has 2 aromatic carbocycles. The van der Waals surface area contributed by atoms with Gasteiger partial charge in [-0.15, -0.1) is 0 Å². The molecule has 2 aliphatic rings. The van der Waals surface area contributed by atoms with Crippen molar-refractivity contribution < 1.29 is 19.1 Å².